The fourth-order valence-electron chi connectivity index (χ4n) is 2.65. The first-order valence-corrected chi connectivity index (χ1v) is 10.2. The minimum Gasteiger partial charge on any atom is -0.497 e. The SMILES string of the molecule is COc1cccc(OCCNC(=O)CSc2nnc(C)n2Cc2ccccc2)c1. The second-order valence-electron chi connectivity index (χ2n) is 6.27. The molecule has 0 aliphatic rings. The molecule has 7 nitrogen and oxygen atoms in total. The van der Waals surface area contributed by atoms with E-state index in [-0.39, 0.29) is 11.7 Å². The van der Waals surface area contributed by atoms with E-state index < -0.39 is 0 Å². The van der Waals surface area contributed by atoms with E-state index in [2.05, 4.69) is 27.6 Å². The summed E-state index contributed by atoms with van der Waals surface area (Å²) < 4.78 is 12.8. The Labute approximate surface area is 174 Å². The van der Waals surface area contributed by atoms with Crippen molar-refractivity contribution in [3.8, 4) is 11.5 Å². The number of hydrogen-bond acceptors (Lipinski definition) is 6. The number of nitrogens with one attached hydrogen (secondary N) is 1. The summed E-state index contributed by atoms with van der Waals surface area (Å²) in [5.74, 6) is 2.46. The van der Waals surface area contributed by atoms with Crippen LogP contribution >= 0.6 is 11.8 Å². The van der Waals surface area contributed by atoms with E-state index in [1.807, 2.05) is 47.9 Å². The van der Waals surface area contributed by atoms with Gasteiger partial charge in [0.05, 0.1) is 26.0 Å². The van der Waals surface area contributed by atoms with Gasteiger partial charge in [0.2, 0.25) is 5.91 Å². The van der Waals surface area contributed by atoms with Crippen molar-refractivity contribution in [1.29, 1.82) is 0 Å². The van der Waals surface area contributed by atoms with E-state index in [9.17, 15) is 4.79 Å². The van der Waals surface area contributed by atoms with E-state index in [4.69, 9.17) is 9.47 Å². The summed E-state index contributed by atoms with van der Waals surface area (Å²) in [6, 6.07) is 17.5. The Kier molecular flexibility index (Phi) is 7.52. The van der Waals surface area contributed by atoms with Crippen LogP contribution in [0.3, 0.4) is 0 Å². The number of nitrogens with zero attached hydrogens (tertiary/aromatic N) is 3. The third-order valence-corrected chi connectivity index (χ3v) is 5.12. The number of carbonyl (C=O) groups excluding carboxylic acids is 1. The molecule has 0 atom stereocenters. The van der Waals surface area contributed by atoms with E-state index >= 15 is 0 Å². The van der Waals surface area contributed by atoms with Crippen LogP contribution in [-0.4, -0.2) is 46.7 Å². The highest BCUT2D eigenvalue weighted by atomic mass is 32.2. The first-order valence-electron chi connectivity index (χ1n) is 9.26. The van der Waals surface area contributed by atoms with Gasteiger partial charge in [0.1, 0.15) is 23.9 Å². The number of ether oxygens (including phenoxy) is 2. The van der Waals surface area contributed by atoms with Crippen molar-refractivity contribution in [2.24, 2.45) is 0 Å². The van der Waals surface area contributed by atoms with E-state index in [0.717, 1.165) is 22.3 Å². The molecule has 1 amide bonds. The Morgan fingerprint density at radius 3 is 2.69 bits per heavy atom. The molecule has 0 aliphatic carbocycles. The Morgan fingerprint density at radius 2 is 1.90 bits per heavy atom. The zero-order valence-corrected chi connectivity index (χ0v) is 17.3. The molecule has 0 saturated carbocycles. The highest BCUT2D eigenvalue weighted by molar-refractivity contribution is 7.99. The first kappa shape index (κ1) is 20.7. The maximum atomic E-state index is 12.1. The summed E-state index contributed by atoms with van der Waals surface area (Å²) in [4.78, 5) is 12.1. The maximum absolute atomic E-state index is 12.1. The number of thioether (sulfide) groups is 1. The summed E-state index contributed by atoms with van der Waals surface area (Å²) in [7, 11) is 1.61. The Balaban J connectivity index is 1.42. The average Bonchev–Trinajstić information content (AvgIpc) is 3.10. The quantitative estimate of drug-likeness (QED) is 0.408. The minimum atomic E-state index is -0.0730. The summed E-state index contributed by atoms with van der Waals surface area (Å²) in [6.45, 7) is 3.40. The average molecular weight is 413 g/mol. The van der Waals surface area contributed by atoms with E-state index in [0.29, 0.717) is 25.4 Å². The number of amides is 1. The number of carbonyl (C=O) groups is 1. The highest BCUT2D eigenvalue weighted by Crippen LogP contribution is 2.19. The molecular formula is C21H24N4O3S. The van der Waals surface area contributed by atoms with Gasteiger partial charge < -0.3 is 19.4 Å². The predicted molar refractivity (Wildman–Crippen MR) is 113 cm³/mol. The van der Waals surface area contributed by atoms with Crippen LogP contribution < -0.4 is 14.8 Å². The van der Waals surface area contributed by atoms with Crippen LogP contribution in [0.25, 0.3) is 0 Å². The molecule has 152 valence electrons. The molecule has 3 aromatic rings. The van der Waals surface area contributed by atoms with Crippen LogP contribution in [0.4, 0.5) is 0 Å². The van der Waals surface area contributed by atoms with Crippen LogP contribution in [0.5, 0.6) is 11.5 Å². The monoisotopic (exact) mass is 412 g/mol. The number of benzene rings is 2. The second kappa shape index (κ2) is 10.5. The van der Waals surface area contributed by atoms with Gasteiger partial charge in [-0.3, -0.25) is 4.79 Å². The summed E-state index contributed by atoms with van der Waals surface area (Å²) in [5.41, 5.74) is 1.16. The topological polar surface area (TPSA) is 78.3 Å². The van der Waals surface area contributed by atoms with Gasteiger partial charge in [-0.25, -0.2) is 0 Å². The lowest BCUT2D eigenvalue weighted by atomic mass is 10.2. The molecule has 0 spiro atoms. The zero-order chi connectivity index (χ0) is 20.5. The van der Waals surface area contributed by atoms with Gasteiger partial charge >= 0.3 is 0 Å². The van der Waals surface area contributed by atoms with Gasteiger partial charge in [0.25, 0.3) is 0 Å². The van der Waals surface area contributed by atoms with Gasteiger partial charge in [-0.05, 0) is 24.6 Å². The summed E-state index contributed by atoms with van der Waals surface area (Å²) in [5, 5.41) is 11.9. The van der Waals surface area contributed by atoms with Gasteiger partial charge in [-0.1, -0.05) is 48.2 Å². The molecule has 0 aliphatic heterocycles. The maximum Gasteiger partial charge on any atom is 0.230 e. The number of aryl methyl sites for hydroxylation is 1. The fourth-order valence-corrected chi connectivity index (χ4v) is 3.46. The first-order chi connectivity index (χ1) is 14.2. The largest absolute Gasteiger partial charge is 0.497 e. The van der Waals surface area contributed by atoms with Gasteiger partial charge in [0.15, 0.2) is 5.16 Å². The normalized spacial score (nSPS) is 10.6. The molecule has 2 aromatic carbocycles. The van der Waals surface area contributed by atoms with Crippen molar-refractivity contribution in [1.82, 2.24) is 20.1 Å². The standard InChI is InChI=1S/C21H24N4O3S/c1-16-23-24-21(25(16)14-17-7-4-3-5-8-17)29-15-20(26)22-11-12-28-19-10-6-9-18(13-19)27-2/h3-10,13H,11-12,14-15H2,1-2H3,(H,22,26). The Hall–Kier alpha value is -3.00. The van der Waals surface area contributed by atoms with Crippen molar-refractivity contribution in [3.63, 3.8) is 0 Å². The van der Waals surface area contributed by atoms with Crippen molar-refractivity contribution in [2.45, 2.75) is 18.6 Å². The van der Waals surface area contributed by atoms with E-state index in [1.54, 1.807) is 13.2 Å². The second-order valence-corrected chi connectivity index (χ2v) is 7.21. The third kappa shape index (κ3) is 6.25. The van der Waals surface area contributed by atoms with Crippen LogP contribution in [-0.2, 0) is 11.3 Å². The summed E-state index contributed by atoms with van der Waals surface area (Å²) in [6.07, 6.45) is 0. The molecule has 1 N–H and O–H groups in total. The molecule has 1 heterocycles. The van der Waals surface area contributed by atoms with E-state index in [1.165, 1.54) is 11.8 Å². The lowest BCUT2D eigenvalue weighted by molar-refractivity contribution is -0.118. The van der Waals surface area contributed by atoms with Gasteiger partial charge in [-0.2, -0.15) is 0 Å². The van der Waals surface area contributed by atoms with Crippen LogP contribution in [0, 0.1) is 6.92 Å². The van der Waals surface area contributed by atoms with Crippen molar-refractivity contribution in [3.05, 3.63) is 66.0 Å². The van der Waals surface area contributed by atoms with Crippen LogP contribution in [0.15, 0.2) is 59.8 Å². The molecular weight excluding hydrogens is 388 g/mol. The zero-order valence-electron chi connectivity index (χ0n) is 16.5. The molecule has 8 heteroatoms. The van der Waals surface area contributed by atoms with Crippen molar-refractivity contribution < 1.29 is 14.3 Å². The lowest BCUT2D eigenvalue weighted by Gasteiger charge is -2.10. The molecule has 3 rings (SSSR count). The van der Waals surface area contributed by atoms with Gasteiger partial charge in [-0.15, -0.1) is 10.2 Å². The molecule has 0 radical (unpaired) electrons. The third-order valence-electron chi connectivity index (χ3n) is 4.15. The molecule has 1 aromatic heterocycles. The number of aromatic nitrogens is 3. The molecule has 0 fully saturated rings. The number of hydrogen-bond donors (Lipinski definition) is 1. The molecule has 29 heavy (non-hydrogen) atoms. The number of rotatable bonds is 10. The molecule has 0 unspecified atom stereocenters. The van der Waals surface area contributed by atoms with Crippen molar-refractivity contribution >= 4 is 17.7 Å². The lowest BCUT2D eigenvalue weighted by Crippen LogP contribution is -2.29. The molecule has 0 bridgehead atoms. The minimum absolute atomic E-state index is 0.0730. The molecule has 0 saturated heterocycles. The predicted octanol–water partition coefficient (Wildman–Crippen LogP) is 2.93. The van der Waals surface area contributed by atoms with Gasteiger partial charge in [0, 0.05) is 6.07 Å². The van der Waals surface area contributed by atoms with Crippen LogP contribution in [0.1, 0.15) is 11.4 Å². The summed E-state index contributed by atoms with van der Waals surface area (Å²) >= 11 is 1.37. The smallest absolute Gasteiger partial charge is 0.230 e. The Bertz CT molecular complexity index is 931. The van der Waals surface area contributed by atoms with Crippen molar-refractivity contribution in [2.75, 3.05) is 26.0 Å². The van der Waals surface area contributed by atoms with Crippen LogP contribution in [0.2, 0.25) is 0 Å². The highest BCUT2D eigenvalue weighted by Gasteiger charge is 2.12. The fraction of sp³-hybridized carbons (Fsp3) is 0.286. The number of methoxy groups -OCH3 is 1. The Morgan fingerprint density at radius 1 is 1.10 bits per heavy atom.